The van der Waals surface area contributed by atoms with Crippen molar-refractivity contribution in [2.75, 3.05) is 25.5 Å². The van der Waals surface area contributed by atoms with Crippen molar-refractivity contribution < 1.29 is 9.53 Å². The van der Waals surface area contributed by atoms with Crippen LogP contribution in [0.3, 0.4) is 0 Å². The Morgan fingerprint density at radius 1 is 1.21 bits per heavy atom. The standard InChI is InChI=1S/C22H28N4O2.HI/c1-15-8-10-18(11-9-15)28-16(2)13-24-22(23-3)25-14-17-12-21(27)26-20-7-5-4-6-19(17)20;/h4-11,16-17H,12-14H2,1-3H3,(H,26,27)(H2,23,24,25);1H. The molecule has 156 valence electrons. The van der Waals surface area contributed by atoms with Crippen LogP contribution in [0.1, 0.15) is 30.4 Å². The molecule has 29 heavy (non-hydrogen) atoms. The lowest BCUT2D eigenvalue weighted by molar-refractivity contribution is -0.116. The molecule has 0 saturated carbocycles. The van der Waals surface area contributed by atoms with Crippen LogP contribution in [0.15, 0.2) is 53.5 Å². The van der Waals surface area contributed by atoms with Crippen LogP contribution in [-0.2, 0) is 4.79 Å². The van der Waals surface area contributed by atoms with Crippen molar-refractivity contribution in [2.24, 2.45) is 4.99 Å². The molecule has 1 aliphatic heterocycles. The predicted octanol–water partition coefficient (Wildman–Crippen LogP) is 3.67. The summed E-state index contributed by atoms with van der Waals surface area (Å²) in [4.78, 5) is 16.2. The number of aliphatic imine (C=N–C) groups is 1. The van der Waals surface area contributed by atoms with Crippen LogP contribution < -0.4 is 20.7 Å². The number of amides is 1. The molecule has 0 aliphatic carbocycles. The number of rotatable bonds is 6. The van der Waals surface area contributed by atoms with Crippen molar-refractivity contribution in [3.8, 4) is 5.75 Å². The zero-order valence-corrected chi connectivity index (χ0v) is 19.4. The van der Waals surface area contributed by atoms with Crippen LogP contribution in [0.2, 0.25) is 0 Å². The Balaban J connectivity index is 0.00000300. The molecule has 2 atom stereocenters. The van der Waals surface area contributed by atoms with Gasteiger partial charge >= 0.3 is 0 Å². The van der Waals surface area contributed by atoms with Gasteiger partial charge in [-0.3, -0.25) is 9.79 Å². The maximum Gasteiger partial charge on any atom is 0.225 e. The number of carbonyl (C=O) groups is 1. The van der Waals surface area contributed by atoms with E-state index in [2.05, 4.69) is 33.9 Å². The fourth-order valence-electron chi connectivity index (χ4n) is 3.26. The maximum atomic E-state index is 12.0. The Kier molecular flexibility index (Phi) is 8.75. The summed E-state index contributed by atoms with van der Waals surface area (Å²) in [5.74, 6) is 1.72. The monoisotopic (exact) mass is 508 g/mol. The van der Waals surface area contributed by atoms with Gasteiger partial charge in [0.2, 0.25) is 5.91 Å². The van der Waals surface area contributed by atoms with E-state index in [-0.39, 0.29) is 41.9 Å². The highest BCUT2D eigenvalue weighted by Crippen LogP contribution is 2.31. The SMILES string of the molecule is CN=C(NCC(C)Oc1ccc(C)cc1)NCC1CC(=O)Nc2ccccc21.I. The molecule has 6 nitrogen and oxygen atoms in total. The zero-order chi connectivity index (χ0) is 19.9. The highest BCUT2D eigenvalue weighted by Gasteiger charge is 2.24. The third-order valence-electron chi connectivity index (χ3n) is 4.76. The first-order valence-corrected chi connectivity index (χ1v) is 9.61. The lowest BCUT2D eigenvalue weighted by Gasteiger charge is -2.26. The third kappa shape index (κ3) is 6.62. The molecule has 3 N–H and O–H groups in total. The van der Waals surface area contributed by atoms with Gasteiger partial charge in [-0.05, 0) is 37.6 Å². The first-order valence-electron chi connectivity index (χ1n) is 9.61. The van der Waals surface area contributed by atoms with Crippen molar-refractivity contribution in [2.45, 2.75) is 32.3 Å². The molecule has 1 heterocycles. The van der Waals surface area contributed by atoms with Gasteiger partial charge in [-0.15, -0.1) is 24.0 Å². The number of guanidine groups is 1. The van der Waals surface area contributed by atoms with Crippen molar-refractivity contribution in [1.29, 1.82) is 0 Å². The second kappa shape index (κ2) is 11.0. The number of para-hydroxylation sites is 1. The van der Waals surface area contributed by atoms with E-state index < -0.39 is 0 Å². The molecular weight excluding hydrogens is 479 g/mol. The Morgan fingerprint density at radius 2 is 1.93 bits per heavy atom. The molecule has 2 unspecified atom stereocenters. The highest BCUT2D eigenvalue weighted by atomic mass is 127. The quantitative estimate of drug-likeness (QED) is 0.316. The van der Waals surface area contributed by atoms with E-state index >= 15 is 0 Å². The normalized spacial score (nSPS) is 16.7. The molecule has 0 saturated heterocycles. The van der Waals surface area contributed by atoms with Crippen molar-refractivity contribution in [3.05, 3.63) is 59.7 Å². The second-order valence-corrected chi connectivity index (χ2v) is 7.11. The van der Waals surface area contributed by atoms with E-state index in [1.165, 1.54) is 5.56 Å². The molecule has 2 aromatic carbocycles. The number of nitrogens with one attached hydrogen (secondary N) is 3. The largest absolute Gasteiger partial charge is 0.489 e. The second-order valence-electron chi connectivity index (χ2n) is 7.11. The number of aryl methyl sites for hydroxylation is 1. The molecular formula is C22H29IN4O2. The van der Waals surface area contributed by atoms with Gasteiger partial charge in [0, 0.05) is 31.6 Å². The molecule has 3 rings (SSSR count). The Labute approximate surface area is 189 Å². The number of ether oxygens (including phenoxy) is 1. The average Bonchev–Trinajstić information content (AvgIpc) is 2.69. The molecule has 7 heteroatoms. The molecule has 0 bridgehead atoms. The van der Waals surface area contributed by atoms with Crippen molar-refractivity contribution >= 4 is 41.5 Å². The number of fused-ring (bicyclic) bond motifs is 1. The lowest BCUT2D eigenvalue weighted by atomic mass is 9.90. The molecule has 0 aromatic heterocycles. The summed E-state index contributed by atoms with van der Waals surface area (Å²) >= 11 is 0. The maximum absolute atomic E-state index is 12.0. The molecule has 1 aliphatic rings. The van der Waals surface area contributed by atoms with E-state index in [0.717, 1.165) is 17.0 Å². The van der Waals surface area contributed by atoms with Crippen LogP contribution in [0.4, 0.5) is 5.69 Å². The number of hydrogen-bond acceptors (Lipinski definition) is 3. The topological polar surface area (TPSA) is 74.8 Å². The van der Waals surface area contributed by atoms with Gasteiger partial charge in [0.25, 0.3) is 0 Å². The van der Waals surface area contributed by atoms with Gasteiger partial charge in [-0.2, -0.15) is 0 Å². The predicted molar refractivity (Wildman–Crippen MR) is 128 cm³/mol. The molecule has 0 spiro atoms. The minimum atomic E-state index is -0.0116. The van der Waals surface area contributed by atoms with Gasteiger partial charge in [-0.25, -0.2) is 0 Å². The number of nitrogens with zero attached hydrogens (tertiary/aromatic N) is 1. The summed E-state index contributed by atoms with van der Waals surface area (Å²) in [6.07, 6.45) is 0.455. The molecule has 2 aromatic rings. The fourth-order valence-corrected chi connectivity index (χ4v) is 3.26. The summed E-state index contributed by atoms with van der Waals surface area (Å²) in [7, 11) is 1.74. The van der Waals surface area contributed by atoms with E-state index in [1.807, 2.05) is 49.4 Å². The first kappa shape index (κ1) is 23.0. The summed E-state index contributed by atoms with van der Waals surface area (Å²) in [6.45, 7) is 5.33. The van der Waals surface area contributed by atoms with Gasteiger partial charge < -0.3 is 20.7 Å². The van der Waals surface area contributed by atoms with Crippen molar-refractivity contribution in [3.63, 3.8) is 0 Å². The molecule has 0 fully saturated rings. The smallest absolute Gasteiger partial charge is 0.225 e. The van der Waals surface area contributed by atoms with E-state index in [4.69, 9.17) is 4.74 Å². The van der Waals surface area contributed by atoms with Gasteiger partial charge in [0.05, 0.1) is 6.54 Å². The first-order chi connectivity index (χ1) is 13.5. The van der Waals surface area contributed by atoms with Crippen LogP contribution in [0.5, 0.6) is 5.75 Å². The van der Waals surface area contributed by atoms with Crippen LogP contribution in [0.25, 0.3) is 0 Å². The number of hydrogen-bond donors (Lipinski definition) is 3. The molecule has 1 amide bonds. The van der Waals surface area contributed by atoms with Crippen LogP contribution in [0, 0.1) is 6.92 Å². The lowest BCUT2D eigenvalue weighted by Crippen LogP contribution is -2.43. The summed E-state index contributed by atoms with van der Waals surface area (Å²) in [5.41, 5.74) is 3.26. The number of halogens is 1. The van der Waals surface area contributed by atoms with Gasteiger partial charge in [0.1, 0.15) is 11.9 Å². The van der Waals surface area contributed by atoms with Crippen LogP contribution in [-0.4, -0.2) is 38.1 Å². The highest BCUT2D eigenvalue weighted by molar-refractivity contribution is 14.0. The summed E-state index contributed by atoms with van der Waals surface area (Å²) in [6, 6.07) is 16.0. The van der Waals surface area contributed by atoms with Gasteiger partial charge in [-0.1, -0.05) is 35.9 Å². The van der Waals surface area contributed by atoms with Crippen molar-refractivity contribution in [1.82, 2.24) is 10.6 Å². The Hall–Kier alpha value is -2.29. The zero-order valence-electron chi connectivity index (χ0n) is 17.1. The fraction of sp³-hybridized carbons (Fsp3) is 0.364. The third-order valence-corrected chi connectivity index (χ3v) is 4.76. The number of carbonyl (C=O) groups excluding carboxylic acids is 1. The van der Waals surface area contributed by atoms with Gasteiger partial charge in [0.15, 0.2) is 5.96 Å². The number of anilines is 1. The Morgan fingerprint density at radius 3 is 2.66 bits per heavy atom. The number of benzene rings is 2. The van der Waals surface area contributed by atoms with E-state index in [9.17, 15) is 4.79 Å². The molecule has 0 radical (unpaired) electrons. The van der Waals surface area contributed by atoms with Crippen LogP contribution >= 0.6 is 24.0 Å². The Bertz CT molecular complexity index is 839. The van der Waals surface area contributed by atoms with E-state index in [1.54, 1.807) is 7.05 Å². The summed E-state index contributed by atoms with van der Waals surface area (Å²) < 4.78 is 5.92. The minimum absolute atomic E-state index is 0. The minimum Gasteiger partial charge on any atom is -0.489 e. The summed E-state index contributed by atoms with van der Waals surface area (Å²) in [5, 5.41) is 9.55. The van der Waals surface area contributed by atoms with E-state index in [0.29, 0.717) is 25.5 Å². The average molecular weight is 508 g/mol.